The average Bonchev–Trinajstić information content (AvgIpc) is 3.11. The van der Waals surface area contributed by atoms with Gasteiger partial charge in [0.1, 0.15) is 0 Å². The summed E-state index contributed by atoms with van der Waals surface area (Å²) in [6.45, 7) is 6.12. The van der Waals surface area contributed by atoms with Crippen LogP contribution in [-0.2, 0) is 21.9 Å². The van der Waals surface area contributed by atoms with Gasteiger partial charge in [-0.1, -0.05) is 20.8 Å². The molecule has 0 saturated heterocycles. The van der Waals surface area contributed by atoms with E-state index in [2.05, 4.69) is 19.2 Å². The van der Waals surface area contributed by atoms with Crippen LogP contribution in [0, 0.1) is 5.41 Å². The zero-order valence-corrected chi connectivity index (χ0v) is 24.1. The molecule has 0 spiro atoms. The van der Waals surface area contributed by atoms with Crippen molar-refractivity contribution in [1.82, 2.24) is 9.78 Å². The quantitative estimate of drug-likeness (QED) is 0.333. The number of aromatic nitrogens is 2. The Morgan fingerprint density at radius 2 is 1.97 bits per heavy atom. The van der Waals surface area contributed by atoms with Crippen LogP contribution in [0.5, 0.6) is 0 Å². The summed E-state index contributed by atoms with van der Waals surface area (Å²) in [4.78, 5) is 45.0. The molecule has 2 aliphatic rings. The van der Waals surface area contributed by atoms with Gasteiger partial charge in [-0.15, -0.1) is 0 Å². The fourth-order valence-corrected chi connectivity index (χ4v) is 5.80. The number of primary amides is 1. The Hall–Kier alpha value is -1.52. The van der Waals surface area contributed by atoms with E-state index in [0.717, 1.165) is 17.1 Å². The molecule has 2 aliphatic carbocycles. The Kier molecular flexibility index (Phi) is 8.93. The van der Waals surface area contributed by atoms with E-state index in [1.807, 2.05) is 13.0 Å². The van der Waals surface area contributed by atoms with Gasteiger partial charge >= 0.3 is 29.6 Å². The van der Waals surface area contributed by atoms with E-state index in [4.69, 9.17) is 20.2 Å². The van der Waals surface area contributed by atoms with Gasteiger partial charge < -0.3 is 25.4 Å². The minimum absolute atomic E-state index is 0. The first-order chi connectivity index (χ1) is 16.4. The van der Waals surface area contributed by atoms with Crippen molar-refractivity contribution in [1.29, 1.82) is 0 Å². The number of nitrogens with one attached hydrogen (secondary N) is 1. The summed E-state index contributed by atoms with van der Waals surface area (Å²) in [5.74, 6) is -0.465. The SMILES string of the molecule is CCc1nn(-c2ccc(C(N)=O)c(N[C@H]3CC[C@H](OP(=O)([O-])O)CC3)c2)c2c1C(=O)CC(C)(C)C2.[Na+]. The third-order valence-electron chi connectivity index (χ3n) is 6.78. The number of Topliss-reactive ketones (excluding diaryl/α,β-unsaturated/α-hetero) is 1. The Bertz CT molecular complexity index is 1200. The van der Waals surface area contributed by atoms with Crippen molar-refractivity contribution >= 4 is 25.2 Å². The van der Waals surface area contributed by atoms with Crippen molar-refractivity contribution in [2.24, 2.45) is 11.1 Å². The Labute approximate surface area is 232 Å². The molecule has 190 valence electrons. The summed E-state index contributed by atoms with van der Waals surface area (Å²) in [5.41, 5.74) is 9.42. The summed E-state index contributed by atoms with van der Waals surface area (Å²) in [7, 11) is -4.77. The molecule has 0 bridgehead atoms. The van der Waals surface area contributed by atoms with Gasteiger partial charge in [-0.3, -0.25) is 14.2 Å². The molecule has 1 saturated carbocycles. The number of carbonyl (C=O) groups excluding carboxylic acids is 2. The van der Waals surface area contributed by atoms with Gasteiger partial charge in [0.15, 0.2) is 5.78 Å². The second-order valence-corrected chi connectivity index (χ2v) is 11.4. The Balaban J connectivity index is 0.00000361. The monoisotopic (exact) mass is 526 g/mol. The maximum Gasteiger partial charge on any atom is 1.00 e. The molecule has 0 radical (unpaired) electrons. The molecule has 2 aromatic rings. The van der Waals surface area contributed by atoms with Crippen LogP contribution in [0.25, 0.3) is 5.69 Å². The van der Waals surface area contributed by atoms with E-state index >= 15 is 0 Å². The Morgan fingerprint density at radius 1 is 1.31 bits per heavy atom. The number of ketones is 1. The first-order valence-electron chi connectivity index (χ1n) is 11.9. The predicted molar refractivity (Wildman–Crippen MR) is 128 cm³/mol. The summed E-state index contributed by atoms with van der Waals surface area (Å²) in [5, 5.41) is 8.13. The number of phosphoric acid groups is 1. The number of benzene rings is 1. The first kappa shape index (κ1) is 29.0. The van der Waals surface area contributed by atoms with Crippen LogP contribution < -0.4 is 45.5 Å². The summed E-state index contributed by atoms with van der Waals surface area (Å²) < 4.78 is 17.5. The molecule has 1 atom stereocenters. The van der Waals surface area contributed by atoms with E-state index in [1.165, 1.54) is 0 Å². The van der Waals surface area contributed by atoms with E-state index in [-0.39, 0.29) is 46.8 Å². The number of carbonyl (C=O) groups is 2. The van der Waals surface area contributed by atoms with Crippen LogP contribution in [0.15, 0.2) is 18.2 Å². The zero-order valence-electron chi connectivity index (χ0n) is 21.2. The number of phosphoric ester groups is 1. The van der Waals surface area contributed by atoms with Crippen LogP contribution in [0.3, 0.4) is 0 Å². The molecule has 0 aliphatic heterocycles. The fraction of sp³-hybridized carbons (Fsp3) is 0.542. The number of nitrogens with zero attached hydrogens (tertiary/aromatic N) is 2. The van der Waals surface area contributed by atoms with Crippen LogP contribution in [0.2, 0.25) is 0 Å². The summed E-state index contributed by atoms with van der Waals surface area (Å²) >= 11 is 0. The van der Waals surface area contributed by atoms with Crippen LogP contribution >= 0.6 is 7.82 Å². The van der Waals surface area contributed by atoms with Crippen molar-refractivity contribution in [2.75, 3.05) is 5.32 Å². The van der Waals surface area contributed by atoms with E-state index in [9.17, 15) is 19.0 Å². The number of amides is 1. The maximum atomic E-state index is 12.9. The van der Waals surface area contributed by atoms with Gasteiger partial charge in [0, 0.05) is 18.2 Å². The standard InChI is InChI=1S/C24H33N4O6P.Na/c1-4-18-22-20(12-24(2,3)13-21(22)29)28(27-18)15-7-10-17(23(25)30)19(11-15)26-14-5-8-16(9-6-14)34-35(31,32)33;/h7,10-11,14,16,26H,4-6,8-9,12-13H2,1-3H3,(H2,25,30)(H2,31,32,33);/q;+1/p-1/t14-,16-;. The van der Waals surface area contributed by atoms with Gasteiger partial charge in [-0.05, 0) is 62.1 Å². The molecule has 10 nitrogen and oxygen atoms in total. The van der Waals surface area contributed by atoms with E-state index in [0.29, 0.717) is 61.8 Å². The smallest absolute Gasteiger partial charge is 0.756 e. The normalized spacial score (nSPS) is 22.8. The average molecular weight is 527 g/mol. The molecule has 1 aromatic carbocycles. The predicted octanol–water partition coefficient (Wildman–Crippen LogP) is -0.107. The first-order valence-corrected chi connectivity index (χ1v) is 13.4. The van der Waals surface area contributed by atoms with Gasteiger partial charge in [-0.2, -0.15) is 5.10 Å². The number of fused-ring (bicyclic) bond motifs is 1. The third kappa shape index (κ3) is 6.48. The Morgan fingerprint density at radius 3 is 2.56 bits per heavy atom. The van der Waals surface area contributed by atoms with Crippen molar-refractivity contribution < 1.29 is 58.0 Å². The number of nitrogens with two attached hydrogens (primary N) is 1. The number of aryl methyl sites for hydroxylation is 1. The molecule has 1 amide bonds. The minimum atomic E-state index is -4.77. The fourth-order valence-electron chi connectivity index (χ4n) is 5.21. The van der Waals surface area contributed by atoms with E-state index < -0.39 is 19.8 Å². The van der Waals surface area contributed by atoms with Crippen molar-refractivity contribution in [2.45, 2.75) is 77.9 Å². The van der Waals surface area contributed by atoms with Crippen molar-refractivity contribution in [3.63, 3.8) is 0 Å². The third-order valence-corrected chi connectivity index (χ3v) is 7.35. The van der Waals surface area contributed by atoms with Crippen LogP contribution in [0.4, 0.5) is 5.69 Å². The molecule has 4 rings (SSSR count). The van der Waals surface area contributed by atoms with Crippen LogP contribution in [0.1, 0.15) is 85.0 Å². The van der Waals surface area contributed by atoms with Crippen molar-refractivity contribution in [3.05, 3.63) is 40.7 Å². The molecule has 1 fully saturated rings. The second kappa shape index (κ2) is 11.1. The van der Waals surface area contributed by atoms with E-state index in [1.54, 1.807) is 16.8 Å². The van der Waals surface area contributed by atoms with Gasteiger partial charge in [0.2, 0.25) is 0 Å². The molecule has 36 heavy (non-hydrogen) atoms. The molecule has 1 unspecified atom stereocenters. The number of hydrogen-bond donors (Lipinski definition) is 3. The molecular formula is C24H32N4NaO6P. The minimum Gasteiger partial charge on any atom is -0.756 e. The van der Waals surface area contributed by atoms with Gasteiger partial charge in [-0.25, -0.2) is 4.68 Å². The maximum absolute atomic E-state index is 12.9. The van der Waals surface area contributed by atoms with Gasteiger partial charge in [0.05, 0.1) is 34.3 Å². The number of rotatable bonds is 7. The van der Waals surface area contributed by atoms with Crippen LogP contribution in [-0.4, -0.2) is 38.5 Å². The topological polar surface area (TPSA) is 160 Å². The summed E-state index contributed by atoms with van der Waals surface area (Å²) in [6, 6.07) is 5.22. The summed E-state index contributed by atoms with van der Waals surface area (Å²) in [6.07, 6.45) is 3.34. The zero-order chi connectivity index (χ0) is 25.5. The number of anilines is 1. The molecule has 1 heterocycles. The second-order valence-electron chi connectivity index (χ2n) is 10.3. The molecule has 4 N–H and O–H groups in total. The number of hydrogen-bond acceptors (Lipinski definition) is 7. The van der Waals surface area contributed by atoms with Crippen molar-refractivity contribution in [3.8, 4) is 5.69 Å². The molecular weight excluding hydrogens is 494 g/mol. The van der Waals surface area contributed by atoms with Gasteiger partial charge in [0.25, 0.3) is 13.7 Å². The largest absolute Gasteiger partial charge is 1.00 e. The molecule has 12 heteroatoms. The molecule has 1 aromatic heterocycles.